The lowest BCUT2D eigenvalue weighted by molar-refractivity contribution is -0.387. The van der Waals surface area contributed by atoms with Gasteiger partial charge in [0.1, 0.15) is 16.8 Å². The number of rotatable bonds is 7. The Morgan fingerprint density at radius 2 is 1.89 bits per heavy atom. The number of nitrogens with one attached hydrogen (secondary N) is 1. The van der Waals surface area contributed by atoms with Gasteiger partial charge in [-0.3, -0.25) is 10.1 Å². The Morgan fingerprint density at radius 1 is 1.18 bits per heavy atom. The molecule has 0 bridgehead atoms. The van der Waals surface area contributed by atoms with Crippen LogP contribution in [-0.2, 0) is 0 Å². The molecule has 1 aromatic heterocycles. The van der Waals surface area contributed by atoms with Crippen LogP contribution in [0, 0.1) is 21.7 Å². The minimum Gasteiger partial charge on any atom is -0.456 e. The number of nitro benzene ring substituents is 1. The zero-order valence-corrected chi connectivity index (χ0v) is 15.3. The summed E-state index contributed by atoms with van der Waals surface area (Å²) in [6, 6.07) is 11.7. The van der Waals surface area contributed by atoms with Crippen molar-refractivity contribution in [1.82, 2.24) is 9.97 Å². The molecule has 0 radical (unpaired) electrons. The van der Waals surface area contributed by atoms with E-state index in [1.165, 1.54) is 30.3 Å². The normalized spacial score (nSPS) is 11.7. The fraction of sp³-hybridized carbons (Fsp3) is 0.111. The molecule has 2 aromatic carbocycles. The van der Waals surface area contributed by atoms with Crippen molar-refractivity contribution in [3.63, 3.8) is 0 Å². The summed E-state index contributed by atoms with van der Waals surface area (Å²) >= 11 is 0.849. The molecule has 1 atom stereocenters. The minimum absolute atomic E-state index is 0.0936. The van der Waals surface area contributed by atoms with Crippen molar-refractivity contribution >= 4 is 23.5 Å². The predicted molar refractivity (Wildman–Crippen MR) is 100 cm³/mol. The third-order valence-corrected chi connectivity index (χ3v) is 4.52. The highest BCUT2D eigenvalue weighted by atomic mass is 32.2. The summed E-state index contributed by atoms with van der Waals surface area (Å²) in [5, 5.41) is 11.1. The van der Waals surface area contributed by atoms with Gasteiger partial charge in [0, 0.05) is 6.07 Å². The van der Waals surface area contributed by atoms with Crippen LogP contribution in [-0.4, -0.2) is 14.9 Å². The van der Waals surface area contributed by atoms with Crippen LogP contribution >= 0.6 is 11.9 Å². The van der Waals surface area contributed by atoms with Crippen molar-refractivity contribution in [2.45, 2.75) is 17.9 Å². The van der Waals surface area contributed by atoms with Crippen LogP contribution in [0.2, 0.25) is 0 Å². The molecule has 10 heteroatoms. The summed E-state index contributed by atoms with van der Waals surface area (Å²) in [4.78, 5) is 18.6. The van der Waals surface area contributed by atoms with Gasteiger partial charge in [0.25, 0.3) is 5.69 Å². The number of benzene rings is 2. The number of hydrogen-bond acceptors (Lipinski definition) is 7. The van der Waals surface area contributed by atoms with Crippen LogP contribution < -0.4 is 9.46 Å². The number of nitro groups is 1. The topological polar surface area (TPSA) is 90.2 Å². The molecule has 1 unspecified atom stereocenters. The molecule has 0 aliphatic rings. The van der Waals surface area contributed by atoms with Gasteiger partial charge in [-0.15, -0.1) is 0 Å². The Hall–Kier alpha value is -3.27. The van der Waals surface area contributed by atoms with Gasteiger partial charge in [0.2, 0.25) is 0 Å². The standard InChI is InChI=1S/C18H14F2N4O3S/c1-11(12-6-8-13(19)9-7-12)27-18-21-10-14(20)17(22-18)23-28-16-5-3-2-4-15(16)24(25)26/h2-11H,1H3,(H,21,22,23). The maximum Gasteiger partial charge on any atom is 0.319 e. The lowest BCUT2D eigenvalue weighted by atomic mass is 10.1. The van der Waals surface area contributed by atoms with Crippen LogP contribution in [0.25, 0.3) is 0 Å². The molecule has 0 saturated carbocycles. The highest BCUT2D eigenvalue weighted by Crippen LogP contribution is 2.30. The van der Waals surface area contributed by atoms with Crippen LogP contribution in [0.5, 0.6) is 6.01 Å². The van der Waals surface area contributed by atoms with Crippen molar-refractivity contribution in [2.24, 2.45) is 0 Å². The zero-order valence-electron chi connectivity index (χ0n) is 14.5. The summed E-state index contributed by atoms with van der Waals surface area (Å²) in [5.41, 5.74) is 0.578. The highest BCUT2D eigenvalue weighted by molar-refractivity contribution is 8.00. The fourth-order valence-electron chi connectivity index (χ4n) is 2.24. The zero-order chi connectivity index (χ0) is 20.1. The van der Waals surface area contributed by atoms with Gasteiger partial charge < -0.3 is 9.46 Å². The fourth-order valence-corrected chi connectivity index (χ4v) is 2.98. The molecule has 1 N–H and O–H groups in total. The smallest absolute Gasteiger partial charge is 0.319 e. The largest absolute Gasteiger partial charge is 0.456 e. The van der Waals surface area contributed by atoms with Crippen LogP contribution in [0.1, 0.15) is 18.6 Å². The average molecular weight is 404 g/mol. The lowest BCUT2D eigenvalue weighted by Gasteiger charge is -2.14. The highest BCUT2D eigenvalue weighted by Gasteiger charge is 2.16. The molecule has 0 aliphatic carbocycles. The van der Waals surface area contributed by atoms with Crippen LogP contribution in [0.4, 0.5) is 20.3 Å². The molecule has 28 heavy (non-hydrogen) atoms. The van der Waals surface area contributed by atoms with E-state index in [2.05, 4.69) is 14.7 Å². The molecule has 144 valence electrons. The molecule has 0 aliphatic heterocycles. The number of nitrogens with zero attached hydrogens (tertiary/aromatic N) is 3. The number of para-hydroxylation sites is 1. The monoisotopic (exact) mass is 404 g/mol. The number of halogens is 2. The predicted octanol–water partition coefficient (Wildman–Crippen LogP) is 4.92. The number of hydrogen-bond donors (Lipinski definition) is 1. The summed E-state index contributed by atoms with van der Waals surface area (Å²) < 4.78 is 35.2. The van der Waals surface area contributed by atoms with E-state index in [4.69, 9.17) is 4.74 Å². The van der Waals surface area contributed by atoms with Crippen molar-refractivity contribution < 1.29 is 18.4 Å². The second kappa shape index (κ2) is 8.61. The van der Waals surface area contributed by atoms with Crippen molar-refractivity contribution in [2.75, 3.05) is 4.72 Å². The quantitative estimate of drug-likeness (QED) is 0.339. The van der Waals surface area contributed by atoms with Gasteiger partial charge in [0.05, 0.1) is 11.1 Å². The van der Waals surface area contributed by atoms with Crippen molar-refractivity contribution in [3.8, 4) is 6.01 Å². The average Bonchev–Trinajstić information content (AvgIpc) is 2.69. The first-order chi connectivity index (χ1) is 13.4. The summed E-state index contributed by atoms with van der Waals surface area (Å²) in [5.74, 6) is -1.29. The lowest BCUT2D eigenvalue weighted by Crippen LogP contribution is -2.07. The second-order valence-electron chi connectivity index (χ2n) is 5.59. The van der Waals surface area contributed by atoms with Gasteiger partial charge in [0.15, 0.2) is 11.6 Å². The van der Waals surface area contributed by atoms with Crippen molar-refractivity contribution in [3.05, 3.63) is 82.0 Å². The first-order valence-corrected chi connectivity index (χ1v) is 8.86. The van der Waals surface area contributed by atoms with Crippen LogP contribution in [0.3, 0.4) is 0 Å². The van der Waals surface area contributed by atoms with Gasteiger partial charge in [-0.05, 0) is 42.6 Å². The van der Waals surface area contributed by atoms with E-state index in [0.717, 1.165) is 18.1 Å². The molecule has 3 rings (SSSR count). The number of aromatic nitrogens is 2. The summed E-state index contributed by atoms with van der Waals surface area (Å²) in [6.45, 7) is 1.72. The summed E-state index contributed by atoms with van der Waals surface area (Å²) in [7, 11) is 0. The minimum atomic E-state index is -0.743. The van der Waals surface area contributed by atoms with E-state index in [1.54, 1.807) is 25.1 Å². The van der Waals surface area contributed by atoms with E-state index in [9.17, 15) is 18.9 Å². The van der Waals surface area contributed by atoms with E-state index >= 15 is 0 Å². The van der Waals surface area contributed by atoms with Gasteiger partial charge in [-0.25, -0.2) is 13.8 Å². The maximum absolute atomic E-state index is 14.0. The SMILES string of the molecule is CC(Oc1ncc(F)c(NSc2ccccc2[N+](=O)[O-])n1)c1ccc(F)cc1. The Bertz CT molecular complexity index is 989. The molecule has 0 saturated heterocycles. The summed E-state index contributed by atoms with van der Waals surface area (Å²) in [6.07, 6.45) is 0.434. The van der Waals surface area contributed by atoms with Gasteiger partial charge >= 0.3 is 6.01 Å². The molecular formula is C18H14F2N4O3S. The first-order valence-electron chi connectivity index (χ1n) is 8.05. The third-order valence-electron chi connectivity index (χ3n) is 3.66. The molecule has 0 amide bonds. The Kier molecular flexibility index (Phi) is 5.99. The molecular weight excluding hydrogens is 390 g/mol. The van der Waals surface area contributed by atoms with E-state index in [1.807, 2.05) is 0 Å². The van der Waals surface area contributed by atoms with Gasteiger partial charge in [-0.1, -0.05) is 24.3 Å². The molecule has 3 aromatic rings. The molecule has 1 heterocycles. The number of ether oxygens (including phenoxy) is 1. The van der Waals surface area contributed by atoms with Crippen molar-refractivity contribution in [1.29, 1.82) is 0 Å². The maximum atomic E-state index is 14.0. The Morgan fingerprint density at radius 3 is 2.61 bits per heavy atom. The molecule has 0 spiro atoms. The first kappa shape index (κ1) is 19.5. The van der Waals surface area contributed by atoms with E-state index < -0.39 is 16.8 Å². The van der Waals surface area contributed by atoms with Gasteiger partial charge in [-0.2, -0.15) is 4.98 Å². The molecule has 7 nitrogen and oxygen atoms in total. The van der Waals surface area contributed by atoms with Crippen LogP contribution in [0.15, 0.2) is 59.6 Å². The Labute approximate surface area is 163 Å². The van der Waals surface area contributed by atoms with E-state index in [-0.39, 0.29) is 23.3 Å². The Balaban J connectivity index is 1.73. The number of anilines is 1. The second-order valence-corrected chi connectivity index (χ2v) is 6.44. The third kappa shape index (κ3) is 4.71. The van der Waals surface area contributed by atoms with E-state index in [0.29, 0.717) is 10.5 Å². The molecule has 0 fully saturated rings.